The molecule has 1 unspecified atom stereocenters. The second kappa shape index (κ2) is 4.31. The number of hydrogen-bond acceptors (Lipinski definition) is 4. The molecular formula is C13H13FN4S. The van der Waals surface area contributed by atoms with E-state index in [4.69, 9.17) is 5.73 Å². The minimum atomic E-state index is -0.310. The maximum atomic E-state index is 13.2. The van der Waals surface area contributed by atoms with Crippen LogP contribution < -0.4 is 5.73 Å². The van der Waals surface area contributed by atoms with Crippen molar-refractivity contribution in [2.24, 2.45) is 0 Å². The smallest absolute Gasteiger partial charge is 0.201 e. The molecule has 3 rings (SSSR count). The minimum Gasteiger partial charge on any atom is -0.369 e. The summed E-state index contributed by atoms with van der Waals surface area (Å²) in [7, 11) is 0. The standard InChI is InChI=1S/C13H13FN4S/c1-7-6-16-12(19-7)8(2)18-11-4-3-9(14)5-10(11)17-13(18)15/h3-6,8H,1-2H3,(H2,15,17). The van der Waals surface area contributed by atoms with E-state index in [0.717, 1.165) is 15.4 Å². The van der Waals surface area contributed by atoms with E-state index in [1.165, 1.54) is 12.1 Å². The predicted molar refractivity (Wildman–Crippen MR) is 74.8 cm³/mol. The Balaban J connectivity index is 2.16. The second-order valence-electron chi connectivity index (χ2n) is 4.46. The van der Waals surface area contributed by atoms with Crippen molar-refractivity contribution in [3.05, 3.63) is 40.1 Å². The van der Waals surface area contributed by atoms with Crippen LogP contribution in [0.15, 0.2) is 24.4 Å². The lowest BCUT2D eigenvalue weighted by atomic mass is 10.2. The quantitative estimate of drug-likeness (QED) is 0.782. The van der Waals surface area contributed by atoms with E-state index in [2.05, 4.69) is 9.97 Å². The Bertz CT molecular complexity index is 746. The third kappa shape index (κ3) is 1.98. The number of nitrogens with zero attached hydrogens (tertiary/aromatic N) is 3. The van der Waals surface area contributed by atoms with Crippen molar-refractivity contribution in [2.75, 3.05) is 5.73 Å². The van der Waals surface area contributed by atoms with Crippen LogP contribution >= 0.6 is 11.3 Å². The molecule has 0 spiro atoms. The van der Waals surface area contributed by atoms with Gasteiger partial charge in [-0.15, -0.1) is 11.3 Å². The molecule has 0 saturated heterocycles. The second-order valence-corrected chi connectivity index (χ2v) is 5.72. The van der Waals surface area contributed by atoms with Gasteiger partial charge in [-0.3, -0.25) is 0 Å². The first kappa shape index (κ1) is 12.1. The molecule has 2 N–H and O–H groups in total. The van der Waals surface area contributed by atoms with Crippen LogP contribution in [0, 0.1) is 12.7 Å². The molecule has 1 atom stereocenters. The lowest BCUT2D eigenvalue weighted by molar-refractivity contribution is 0.628. The molecule has 0 fully saturated rings. The highest BCUT2D eigenvalue weighted by molar-refractivity contribution is 7.11. The van der Waals surface area contributed by atoms with Gasteiger partial charge >= 0.3 is 0 Å². The number of aryl methyl sites for hydroxylation is 1. The lowest BCUT2D eigenvalue weighted by Crippen LogP contribution is -2.09. The minimum absolute atomic E-state index is 0.0193. The van der Waals surface area contributed by atoms with E-state index in [9.17, 15) is 4.39 Å². The van der Waals surface area contributed by atoms with Crippen molar-refractivity contribution in [1.29, 1.82) is 0 Å². The van der Waals surface area contributed by atoms with Crippen molar-refractivity contribution in [2.45, 2.75) is 19.9 Å². The number of aromatic nitrogens is 3. The molecule has 19 heavy (non-hydrogen) atoms. The number of nitrogens with two attached hydrogens (primary N) is 1. The number of halogens is 1. The summed E-state index contributed by atoms with van der Waals surface area (Å²) < 4.78 is 15.1. The predicted octanol–water partition coefficient (Wildman–Crippen LogP) is 3.13. The van der Waals surface area contributed by atoms with Gasteiger partial charge in [-0.2, -0.15) is 0 Å². The fourth-order valence-corrected chi connectivity index (χ4v) is 2.99. The maximum absolute atomic E-state index is 13.2. The van der Waals surface area contributed by atoms with E-state index in [-0.39, 0.29) is 11.9 Å². The molecule has 2 heterocycles. The van der Waals surface area contributed by atoms with Crippen LogP contribution in [-0.4, -0.2) is 14.5 Å². The fourth-order valence-electron chi connectivity index (χ4n) is 2.17. The Morgan fingerprint density at radius 2 is 2.21 bits per heavy atom. The zero-order chi connectivity index (χ0) is 13.6. The summed E-state index contributed by atoms with van der Waals surface area (Å²) in [5.74, 6) is 0.0656. The molecule has 2 aromatic heterocycles. The third-order valence-corrected chi connectivity index (χ3v) is 4.15. The summed E-state index contributed by atoms with van der Waals surface area (Å²) in [5.41, 5.74) is 7.34. The monoisotopic (exact) mass is 276 g/mol. The van der Waals surface area contributed by atoms with Gasteiger partial charge in [0, 0.05) is 17.1 Å². The number of hydrogen-bond donors (Lipinski definition) is 1. The number of anilines is 1. The molecule has 4 nitrogen and oxygen atoms in total. The van der Waals surface area contributed by atoms with E-state index in [0.29, 0.717) is 11.5 Å². The Morgan fingerprint density at radius 1 is 1.42 bits per heavy atom. The van der Waals surface area contributed by atoms with E-state index in [1.807, 2.05) is 24.6 Å². The molecule has 0 amide bonds. The summed E-state index contributed by atoms with van der Waals surface area (Å²) in [4.78, 5) is 9.73. The zero-order valence-corrected chi connectivity index (χ0v) is 11.4. The Hall–Kier alpha value is -1.95. The SMILES string of the molecule is Cc1cnc(C(C)n2c(N)nc3cc(F)ccc32)s1. The van der Waals surface area contributed by atoms with Gasteiger partial charge < -0.3 is 10.3 Å². The molecule has 98 valence electrons. The highest BCUT2D eigenvalue weighted by atomic mass is 32.1. The molecular weight excluding hydrogens is 263 g/mol. The highest BCUT2D eigenvalue weighted by Crippen LogP contribution is 2.29. The number of nitrogen functional groups attached to an aromatic ring is 1. The topological polar surface area (TPSA) is 56.7 Å². The average molecular weight is 276 g/mol. The zero-order valence-electron chi connectivity index (χ0n) is 10.6. The summed E-state index contributed by atoms with van der Waals surface area (Å²) >= 11 is 1.63. The van der Waals surface area contributed by atoms with Gasteiger partial charge in [0.1, 0.15) is 10.8 Å². The van der Waals surface area contributed by atoms with Gasteiger partial charge in [-0.25, -0.2) is 14.4 Å². The van der Waals surface area contributed by atoms with Crippen LogP contribution in [0.2, 0.25) is 0 Å². The largest absolute Gasteiger partial charge is 0.369 e. The van der Waals surface area contributed by atoms with Crippen molar-refractivity contribution in [3.8, 4) is 0 Å². The third-order valence-electron chi connectivity index (χ3n) is 3.06. The van der Waals surface area contributed by atoms with Crippen LogP contribution in [0.1, 0.15) is 22.9 Å². The normalized spacial score (nSPS) is 13.0. The van der Waals surface area contributed by atoms with Crippen LogP contribution in [0.5, 0.6) is 0 Å². The molecule has 0 radical (unpaired) electrons. The summed E-state index contributed by atoms with van der Waals surface area (Å²) in [5, 5.41) is 0.966. The van der Waals surface area contributed by atoms with Crippen LogP contribution in [0.25, 0.3) is 11.0 Å². The maximum Gasteiger partial charge on any atom is 0.201 e. The molecule has 3 aromatic rings. The summed E-state index contributed by atoms with van der Waals surface area (Å²) in [6.45, 7) is 4.03. The van der Waals surface area contributed by atoms with Crippen molar-refractivity contribution >= 4 is 28.3 Å². The van der Waals surface area contributed by atoms with E-state index < -0.39 is 0 Å². The first-order chi connectivity index (χ1) is 9.06. The van der Waals surface area contributed by atoms with Crippen LogP contribution in [0.4, 0.5) is 10.3 Å². The Kier molecular flexibility index (Phi) is 2.74. The van der Waals surface area contributed by atoms with Crippen molar-refractivity contribution in [1.82, 2.24) is 14.5 Å². The van der Waals surface area contributed by atoms with Gasteiger partial charge in [0.2, 0.25) is 5.95 Å². The number of benzene rings is 1. The van der Waals surface area contributed by atoms with Gasteiger partial charge in [0.25, 0.3) is 0 Å². The number of rotatable bonds is 2. The molecule has 0 aliphatic heterocycles. The van der Waals surface area contributed by atoms with Gasteiger partial charge in [0.15, 0.2) is 0 Å². The molecule has 0 bridgehead atoms. The first-order valence-corrected chi connectivity index (χ1v) is 6.73. The first-order valence-electron chi connectivity index (χ1n) is 5.91. The Morgan fingerprint density at radius 3 is 2.89 bits per heavy atom. The van der Waals surface area contributed by atoms with Crippen molar-refractivity contribution < 1.29 is 4.39 Å². The molecule has 0 saturated carbocycles. The average Bonchev–Trinajstić information content (AvgIpc) is 2.91. The highest BCUT2D eigenvalue weighted by Gasteiger charge is 2.18. The van der Waals surface area contributed by atoms with Crippen LogP contribution in [0.3, 0.4) is 0 Å². The van der Waals surface area contributed by atoms with Crippen molar-refractivity contribution in [3.63, 3.8) is 0 Å². The summed E-state index contributed by atoms with van der Waals surface area (Å²) in [6, 6.07) is 4.49. The fraction of sp³-hybridized carbons (Fsp3) is 0.231. The lowest BCUT2D eigenvalue weighted by Gasteiger charge is -2.13. The summed E-state index contributed by atoms with van der Waals surface area (Å²) in [6.07, 6.45) is 1.84. The molecule has 0 aliphatic rings. The molecule has 6 heteroatoms. The Labute approximate surface area is 113 Å². The van der Waals surface area contributed by atoms with Gasteiger partial charge in [-0.05, 0) is 26.0 Å². The van der Waals surface area contributed by atoms with E-state index in [1.54, 1.807) is 17.4 Å². The number of thiazole rings is 1. The number of fused-ring (bicyclic) bond motifs is 1. The van der Waals surface area contributed by atoms with Crippen LogP contribution in [-0.2, 0) is 0 Å². The van der Waals surface area contributed by atoms with Gasteiger partial charge in [-0.1, -0.05) is 0 Å². The number of imidazole rings is 1. The van der Waals surface area contributed by atoms with Gasteiger partial charge in [0.05, 0.1) is 17.1 Å². The molecule has 0 aliphatic carbocycles. The molecule has 1 aromatic carbocycles. The van der Waals surface area contributed by atoms with E-state index >= 15 is 0 Å².